The predicted octanol–water partition coefficient (Wildman–Crippen LogP) is 5.72. The fourth-order valence-electron chi connectivity index (χ4n) is 7.04. The van der Waals surface area contributed by atoms with Crippen molar-refractivity contribution in [1.29, 1.82) is 0 Å². The Morgan fingerprint density at radius 2 is 1.72 bits per heavy atom. The van der Waals surface area contributed by atoms with E-state index in [-0.39, 0.29) is 41.5 Å². The lowest BCUT2D eigenvalue weighted by Gasteiger charge is -2.44. The van der Waals surface area contributed by atoms with E-state index in [9.17, 15) is 24.6 Å². The molecule has 0 spiro atoms. The maximum absolute atomic E-state index is 13.4. The van der Waals surface area contributed by atoms with Gasteiger partial charge in [0.15, 0.2) is 0 Å². The van der Waals surface area contributed by atoms with Gasteiger partial charge in [0.05, 0.1) is 52.1 Å². The number of halogens is 3. The highest BCUT2D eigenvalue weighted by molar-refractivity contribution is 6.39. The number of nitrogens with zero attached hydrogens (tertiary/aromatic N) is 6. The first-order valence-electron chi connectivity index (χ1n) is 16.8. The van der Waals surface area contributed by atoms with E-state index < -0.39 is 11.7 Å². The molecule has 2 amide bonds. The number of fused-ring (bicyclic) bond motifs is 1. The van der Waals surface area contributed by atoms with Crippen molar-refractivity contribution >= 4 is 52.3 Å². The van der Waals surface area contributed by atoms with E-state index in [2.05, 4.69) is 10.3 Å². The molecule has 1 atom stereocenters. The Labute approximate surface area is 319 Å². The highest BCUT2D eigenvalue weighted by Crippen LogP contribution is 2.43. The van der Waals surface area contributed by atoms with Gasteiger partial charge in [0.2, 0.25) is 11.8 Å². The van der Waals surface area contributed by atoms with Crippen LogP contribution in [0.15, 0.2) is 59.5 Å². The molecule has 7 rings (SSSR count). The second-order valence-corrected chi connectivity index (χ2v) is 14.9. The van der Waals surface area contributed by atoms with Crippen molar-refractivity contribution in [2.45, 2.75) is 44.5 Å². The van der Waals surface area contributed by atoms with Crippen LogP contribution in [0.25, 0.3) is 39.0 Å². The number of pyridine rings is 1. The summed E-state index contributed by atoms with van der Waals surface area (Å²) < 4.78 is 8.68. The predicted molar refractivity (Wildman–Crippen MR) is 202 cm³/mol. The SMILES string of the molecule is COc1nc(-c2cccc(-c3cccc(-c4cc5c(=O)n(C)c(CN6CC(C)(O)C6)nn5c4)c3Cl)c2Cl)cc(Cl)c1CN(CC1CCC(=O)N1)C(=O)O. The van der Waals surface area contributed by atoms with Gasteiger partial charge in [0.25, 0.3) is 5.56 Å². The largest absolute Gasteiger partial charge is 0.481 e. The number of carbonyl (C=O) groups is 2. The molecule has 2 aliphatic rings. The van der Waals surface area contributed by atoms with Crippen LogP contribution in [-0.4, -0.2) is 89.6 Å². The number of methoxy groups -OCH3 is 1. The summed E-state index contributed by atoms with van der Waals surface area (Å²) in [7, 11) is 3.11. The van der Waals surface area contributed by atoms with Gasteiger partial charge >= 0.3 is 6.09 Å². The lowest BCUT2D eigenvalue weighted by atomic mass is 9.97. The number of carboxylic acid groups (broad SMARTS) is 1. The monoisotopic (exact) mass is 779 g/mol. The van der Waals surface area contributed by atoms with Crippen LogP contribution >= 0.6 is 34.8 Å². The third-order valence-electron chi connectivity index (χ3n) is 9.67. The van der Waals surface area contributed by atoms with Crippen molar-refractivity contribution in [3.63, 3.8) is 0 Å². The van der Waals surface area contributed by atoms with E-state index in [0.29, 0.717) is 92.9 Å². The van der Waals surface area contributed by atoms with Crippen molar-refractivity contribution < 1.29 is 24.5 Å². The smallest absolute Gasteiger partial charge is 0.407 e. The Morgan fingerprint density at radius 1 is 1.06 bits per heavy atom. The Morgan fingerprint density at radius 3 is 2.34 bits per heavy atom. The molecule has 2 aromatic carbocycles. The average molecular weight is 781 g/mol. The van der Waals surface area contributed by atoms with E-state index in [1.807, 2.05) is 35.2 Å². The summed E-state index contributed by atoms with van der Waals surface area (Å²) in [6.45, 7) is 3.19. The summed E-state index contributed by atoms with van der Waals surface area (Å²) >= 11 is 21.0. The van der Waals surface area contributed by atoms with Crippen LogP contribution in [-0.2, 0) is 24.9 Å². The molecule has 13 nitrogen and oxygen atoms in total. The summed E-state index contributed by atoms with van der Waals surface area (Å²) in [5.74, 6) is 0.595. The van der Waals surface area contributed by atoms with Crippen LogP contribution in [0.4, 0.5) is 4.79 Å². The van der Waals surface area contributed by atoms with Crippen LogP contribution in [0, 0.1) is 0 Å². The first-order chi connectivity index (χ1) is 25.2. The Balaban J connectivity index is 1.19. The molecule has 2 saturated heterocycles. The Hall–Kier alpha value is -4.66. The van der Waals surface area contributed by atoms with E-state index >= 15 is 0 Å². The molecule has 1 unspecified atom stereocenters. The standard InChI is InChI=1S/C37H36Cl3N7O6/c1-37(52)18-45(19-37)17-30-43-47-14-20(12-29(47)35(49)44(30)2)22-6-4-7-23(32(22)39)24-8-5-9-25(33(24)40)28-13-27(38)26(34(42-28)53-3)16-46(36(50)51)15-21-10-11-31(48)41-21/h4-9,12-14,21,52H,10-11,15-19H2,1-3H3,(H,41,48)(H,50,51). The van der Waals surface area contributed by atoms with Crippen molar-refractivity contribution in [2.75, 3.05) is 26.7 Å². The molecular weight excluding hydrogens is 745 g/mol. The summed E-state index contributed by atoms with van der Waals surface area (Å²) in [5.41, 5.74) is 3.39. The summed E-state index contributed by atoms with van der Waals surface area (Å²) in [6.07, 6.45) is 1.49. The van der Waals surface area contributed by atoms with Gasteiger partial charge in [-0.25, -0.2) is 14.3 Å². The fraction of sp³-hybridized carbons (Fsp3) is 0.324. The lowest BCUT2D eigenvalue weighted by Crippen LogP contribution is -2.59. The molecule has 5 heterocycles. The van der Waals surface area contributed by atoms with Gasteiger partial charge in [0.1, 0.15) is 11.3 Å². The number of nitrogens with one attached hydrogen (secondary N) is 1. The summed E-state index contributed by atoms with van der Waals surface area (Å²) in [4.78, 5) is 45.1. The minimum atomic E-state index is -1.17. The number of amides is 2. The third-order valence-corrected chi connectivity index (χ3v) is 10.8. The number of aliphatic hydroxyl groups is 1. The number of aromatic nitrogens is 4. The number of hydrogen-bond acceptors (Lipinski definition) is 8. The topological polar surface area (TPSA) is 155 Å². The highest BCUT2D eigenvalue weighted by atomic mass is 35.5. The maximum Gasteiger partial charge on any atom is 0.407 e. The molecule has 5 aromatic rings. The number of ether oxygens (including phenoxy) is 1. The van der Waals surface area contributed by atoms with Gasteiger partial charge in [-0.3, -0.25) is 19.1 Å². The van der Waals surface area contributed by atoms with Crippen LogP contribution in [0.1, 0.15) is 31.2 Å². The van der Waals surface area contributed by atoms with Crippen molar-refractivity contribution in [1.82, 2.24) is 34.3 Å². The average Bonchev–Trinajstić information content (AvgIpc) is 3.72. The van der Waals surface area contributed by atoms with E-state index in [0.717, 1.165) is 0 Å². The van der Waals surface area contributed by atoms with Gasteiger partial charge < -0.3 is 25.2 Å². The minimum absolute atomic E-state index is 0.0907. The summed E-state index contributed by atoms with van der Waals surface area (Å²) in [6, 6.07) is 14.1. The zero-order chi connectivity index (χ0) is 37.8. The number of benzene rings is 2. The van der Waals surface area contributed by atoms with Crippen molar-refractivity contribution in [3.8, 4) is 39.4 Å². The van der Waals surface area contributed by atoms with Gasteiger partial charge in [-0.15, -0.1) is 0 Å². The van der Waals surface area contributed by atoms with Gasteiger partial charge in [0, 0.05) is 73.2 Å². The van der Waals surface area contributed by atoms with E-state index in [1.165, 1.54) is 16.6 Å². The normalized spacial score (nSPS) is 16.8. The van der Waals surface area contributed by atoms with Crippen LogP contribution in [0.2, 0.25) is 15.1 Å². The first kappa shape index (κ1) is 36.7. The van der Waals surface area contributed by atoms with Crippen LogP contribution < -0.4 is 15.6 Å². The molecule has 0 saturated carbocycles. The Bertz CT molecular complexity index is 2330. The molecule has 16 heteroatoms. The minimum Gasteiger partial charge on any atom is -0.481 e. The second-order valence-electron chi connectivity index (χ2n) is 13.8. The number of hydrogen-bond donors (Lipinski definition) is 3. The molecular formula is C37H36Cl3N7O6. The zero-order valence-electron chi connectivity index (χ0n) is 29.1. The zero-order valence-corrected chi connectivity index (χ0v) is 31.3. The molecule has 0 aliphatic carbocycles. The highest BCUT2D eigenvalue weighted by Gasteiger charge is 2.37. The number of rotatable bonds is 10. The van der Waals surface area contributed by atoms with Crippen molar-refractivity contribution in [3.05, 3.63) is 91.5 Å². The fourth-order valence-corrected chi connectivity index (χ4v) is 7.94. The maximum atomic E-state index is 13.4. The third kappa shape index (κ3) is 7.19. The number of likely N-dealkylation sites (tertiary alicyclic amines) is 1. The molecule has 0 bridgehead atoms. The molecule has 2 aliphatic heterocycles. The molecule has 0 radical (unpaired) electrons. The van der Waals surface area contributed by atoms with Crippen molar-refractivity contribution in [2.24, 2.45) is 7.05 Å². The second kappa shape index (κ2) is 14.3. The van der Waals surface area contributed by atoms with Crippen LogP contribution in [0.3, 0.4) is 0 Å². The molecule has 2 fully saturated rings. The van der Waals surface area contributed by atoms with E-state index in [4.69, 9.17) is 44.6 Å². The Kier molecular flexibility index (Phi) is 9.89. The lowest BCUT2D eigenvalue weighted by molar-refractivity contribution is -0.119. The first-order valence-corrected chi connectivity index (χ1v) is 18.0. The molecule has 3 aromatic heterocycles. The molecule has 53 heavy (non-hydrogen) atoms. The molecule has 276 valence electrons. The quantitative estimate of drug-likeness (QED) is 0.161. The van der Waals surface area contributed by atoms with Gasteiger partial charge in [-0.1, -0.05) is 71.2 Å². The van der Waals surface area contributed by atoms with Crippen LogP contribution in [0.5, 0.6) is 5.88 Å². The summed E-state index contributed by atoms with van der Waals surface area (Å²) in [5, 5.41) is 28.5. The van der Waals surface area contributed by atoms with Gasteiger partial charge in [-0.2, -0.15) is 5.10 Å². The number of carbonyl (C=O) groups excluding carboxylic acids is 1. The van der Waals surface area contributed by atoms with Gasteiger partial charge in [-0.05, 0) is 25.5 Å². The van der Waals surface area contributed by atoms with E-state index in [1.54, 1.807) is 42.9 Å². The molecule has 3 N–H and O–H groups in total. The number of β-amino-alcohol motifs (C(OH)–C–C–N with tert-alkyl or cyclic N) is 1.